The van der Waals surface area contributed by atoms with Gasteiger partial charge < -0.3 is 9.30 Å². The summed E-state index contributed by atoms with van der Waals surface area (Å²) in [6.45, 7) is 4.54. The monoisotopic (exact) mass is 306 g/mol. The zero-order valence-corrected chi connectivity index (χ0v) is 13.7. The number of hydrogen-bond donors (Lipinski definition) is 0. The summed E-state index contributed by atoms with van der Waals surface area (Å²) in [7, 11) is 1.74. The van der Waals surface area contributed by atoms with Crippen molar-refractivity contribution in [3.63, 3.8) is 0 Å². The summed E-state index contributed by atoms with van der Waals surface area (Å²) in [5.41, 5.74) is 4.49. The van der Waals surface area contributed by atoms with Gasteiger partial charge in [0, 0.05) is 41.9 Å². The molecule has 0 radical (unpaired) electrons. The highest BCUT2D eigenvalue weighted by molar-refractivity contribution is 5.89. The highest BCUT2D eigenvalue weighted by atomic mass is 16.5. The van der Waals surface area contributed by atoms with E-state index in [9.17, 15) is 0 Å². The van der Waals surface area contributed by atoms with Crippen LogP contribution in [0.15, 0.2) is 36.4 Å². The van der Waals surface area contributed by atoms with E-state index in [4.69, 9.17) is 4.74 Å². The summed E-state index contributed by atoms with van der Waals surface area (Å²) in [6.07, 6.45) is 11.8. The summed E-state index contributed by atoms with van der Waals surface area (Å²) < 4.78 is 7.87. The second kappa shape index (κ2) is 4.51. The van der Waals surface area contributed by atoms with Gasteiger partial charge in [0.1, 0.15) is 5.75 Å². The van der Waals surface area contributed by atoms with Gasteiger partial charge in [0.25, 0.3) is 0 Å². The Balaban J connectivity index is 1.85. The maximum Gasteiger partial charge on any atom is 0.120 e. The Morgan fingerprint density at radius 3 is 3.04 bits per heavy atom. The van der Waals surface area contributed by atoms with Gasteiger partial charge in [-0.25, -0.2) is 0 Å². The van der Waals surface area contributed by atoms with Crippen LogP contribution in [-0.4, -0.2) is 29.7 Å². The summed E-state index contributed by atoms with van der Waals surface area (Å²) in [5, 5.41) is 1.39. The average Bonchev–Trinajstić information content (AvgIpc) is 2.94. The molecule has 23 heavy (non-hydrogen) atoms. The van der Waals surface area contributed by atoms with E-state index in [1.165, 1.54) is 16.6 Å². The first kappa shape index (κ1) is 13.4. The van der Waals surface area contributed by atoms with Crippen molar-refractivity contribution >= 4 is 17.1 Å². The third-order valence-electron chi connectivity index (χ3n) is 6.05. The van der Waals surface area contributed by atoms with Crippen LogP contribution in [0.4, 0.5) is 0 Å². The van der Waals surface area contributed by atoms with Crippen molar-refractivity contribution in [3.8, 4) is 5.75 Å². The van der Waals surface area contributed by atoms with Gasteiger partial charge in [0.2, 0.25) is 0 Å². The SMILES string of the molecule is CC[C@]12C=CCN3CCc4c(n(c5cc(OC)ccc45)C=C1)[C@@H]32. The molecule has 3 aliphatic rings. The van der Waals surface area contributed by atoms with Crippen LogP contribution < -0.4 is 4.74 Å². The first-order chi connectivity index (χ1) is 11.3. The number of benzene rings is 1. The Morgan fingerprint density at radius 1 is 1.30 bits per heavy atom. The van der Waals surface area contributed by atoms with E-state index >= 15 is 0 Å². The minimum absolute atomic E-state index is 0.155. The van der Waals surface area contributed by atoms with E-state index in [-0.39, 0.29) is 5.41 Å². The molecule has 0 amide bonds. The maximum atomic E-state index is 5.46. The molecule has 3 aliphatic heterocycles. The quantitative estimate of drug-likeness (QED) is 0.780. The molecule has 5 rings (SSSR count). The van der Waals surface area contributed by atoms with Crippen molar-refractivity contribution in [1.82, 2.24) is 9.47 Å². The molecule has 0 spiro atoms. The first-order valence-electron chi connectivity index (χ1n) is 8.59. The molecular weight excluding hydrogens is 284 g/mol. The van der Waals surface area contributed by atoms with Gasteiger partial charge in [-0.15, -0.1) is 0 Å². The van der Waals surface area contributed by atoms with Crippen LogP contribution in [0, 0.1) is 5.41 Å². The van der Waals surface area contributed by atoms with Crippen LogP contribution >= 0.6 is 0 Å². The molecule has 3 heteroatoms. The molecule has 0 saturated carbocycles. The Morgan fingerprint density at radius 2 is 2.22 bits per heavy atom. The van der Waals surface area contributed by atoms with Crippen LogP contribution in [0.25, 0.3) is 17.1 Å². The predicted molar refractivity (Wildman–Crippen MR) is 93.7 cm³/mol. The number of methoxy groups -OCH3 is 1. The van der Waals surface area contributed by atoms with E-state index in [0.717, 1.165) is 31.7 Å². The van der Waals surface area contributed by atoms with E-state index in [2.05, 4.69) is 59.0 Å². The van der Waals surface area contributed by atoms with Crippen LogP contribution in [0.3, 0.4) is 0 Å². The van der Waals surface area contributed by atoms with Crippen LogP contribution in [0.2, 0.25) is 0 Å². The smallest absolute Gasteiger partial charge is 0.120 e. The Bertz CT molecular complexity index is 860. The lowest BCUT2D eigenvalue weighted by Crippen LogP contribution is -2.47. The zero-order chi connectivity index (χ0) is 15.6. The highest BCUT2D eigenvalue weighted by Crippen LogP contribution is 2.53. The van der Waals surface area contributed by atoms with Crippen molar-refractivity contribution in [1.29, 1.82) is 0 Å². The molecule has 0 bridgehead atoms. The Labute approximate surface area is 136 Å². The highest BCUT2D eigenvalue weighted by Gasteiger charge is 2.46. The van der Waals surface area contributed by atoms with Crippen LogP contribution in [0.1, 0.15) is 30.6 Å². The van der Waals surface area contributed by atoms with Gasteiger partial charge in [-0.1, -0.05) is 25.2 Å². The largest absolute Gasteiger partial charge is 0.497 e. The van der Waals surface area contributed by atoms with E-state index in [0.29, 0.717) is 6.04 Å². The molecule has 118 valence electrons. The lowest BCUT2D eigenvalue weighted by molar-refractivity contribution is 0.103. The number of nitrogens with zero attached hydrogens (tertiary/aromatic N) is 2. The number of aromatic nitrogens is 1. The minimum atomic E-state index is 0.155. The van der Waals surface area contributed by atoms with Gasteiger partial charge >= 0.3 is 0 Å². The Hall–Kier alpha value is -2.00. The zero-order valence-electron chi connectivity index (χ0n) is 13.7. The predicted octanol–water partition coefficient (Wildman–Crippen LogP) is 4.00. The molecule has 2 aromatic rings. The van der Waals surface area contributed by atoms with Crippen molar-refractivity contribution in [2.24, 2.45) is 5.41 Å². The molecule has 2 atom stereocenters. The van der Waals surface area contributed by atoms with Gasteiger partial charge in [-0.3, -0.25) is 4.90 Å². The molecule has 0 fully saturated rings. The fourth-order valence-corrected chi connectivity index (χ4v) is 4.86. The van der Waals surface area contributed by atoms with Gasteiger partial charge in [0.05, 0.1) is 18.7 Å². The van der Waals surface area contributed by atoms with Crippen molar-refractivity contribution in [2.45, 2.75) is 25.8 Å². The van der Waals surface area contributed by atoms with Crippen molar-refractivity contribution < 1.29 is 4.74 Å². The normalized spacial score (nSPS) is 28.2. The number of hydrogen-bond acceptors (Lipinski definition) is 2. The minimum Gasteiger partial charge on any atom is -0.497 e. The molecule has 4 heterocycles. The van der Waals surface area contributed by atoms with Gasteiger partial charge in [-0.2, -0.15) is 0 Å². The third-order valence-corrected chi connectivity index (χ3v) is 6.05. The molecular formula is C20H22N2O. The summed E-state index contributed by atoms with van der Waals surface area (Å²) in [5.74, 6) is 0.935. The van der Waals surface area contributed by atoms with Gasteiger partial charge in [-0.05, 0) is 30.5 Å². The molecule has 0 unspecified atom stereocenters. The van der Waals surface area contributed by atoms with E-state index in [1.54, 1.807) is 12.7 Å². The lowest BCUT2D eigenvalue weighted by Gasteiger charge is -2.50. The lowest BCUT2D eigenvalue weighted by atomic mass is 9.70. The molecule has 3 nitrogen and oxygen atoms in total. The summed E-state index contributed by atoms with van der Waals surface area (Å²) >= 11 is 0. The van der Waals surface area contributed by atoms with Crippen LogP contribution in [-0.2, 0) is 6.42 Å². The second-order valence-electron chi connectivity index (χ2n) is 6.95. The maximum absolute atomic E-state index is 5.46. The van der Waals surface area contributed by atoms with Crippen molar-refractivity contribution in [2.75, 3.05) is 20.2 Å². The number of ether oxygens (including phenoxy) is 1. The van der Waals surface area contributed by atoms with E-state index < -0.39 is 0 Å². The Kier molecular flexibility index (Phi) is 2.64. The number of rotatable bonds is 2. The second-order valence-corrected chi connectivity index (χ2v) is 6.95. The standard InChI is InChI=1S/C20H22N2O/c1-3-20-8-4-10-21-11-7-16-15-6-5-14(23-2)13-17(15)22(12-9-20)18(16)19(20)21/h4-6,8-9,12-13,19H,3,7,10-11H2,1-2H3/t19-,20+/m1/s1. The molecule has 1 aromatic carbocycles. The number of fused-ring (bicyclic) bond motifs is 3. The third kappa shape index (κ3) is 1.58. The average molecular weight is 306 g/mol. The van der Waals surface area contributed by atoms with Crippen molar-refractivity contribution in [3.05, 3.63) is 47.7 Å². The molecule has 0 N–H and O–H groups in total. The molecule has 0 saturated heterocycles. The fourth-order valence-electron chi connectivity index (χ4n) is 4.86. The first-order valence-corrected chi connectivity index (χ1v) is 8.59. The van der Waals surface area contributed by atoms with E-state index in [1.807, 2.05) is 0 Å². The molecule has 1 aromatic heterocycles. The fraction of sp³-hybridized carbons (Fsp3) is 0.400. The van der Waals surface area contributed by atoms with Crippen LogP contribution in [0.5, 0.6) is 5.75 Å². The summed E-state index contributed by atoms with van der Waals surface area (Å²) in [6, 6.07) is 6.99. The molecule has 0 aliphatic carbocycles. The topological polar surface area (TPSA) is 17.4 Å². The van der Waals surface area contributed by atoms with Gasteiger partial charge in [0.15, 0.2) is 0 Å². The summed E-state index contributed by atoms with van der Waals surface area (Å²) in [4.78, 5) is 2.65.